The molecular formula is C9H14N4O2. The number of anilines is 1. The van der Waals surface area contributed by atoms with Gasteiger partial charge in [0.25, 0.3) is 5.91 Å². The van der Waals surface area contributed by atoms with Crippen LogP contribution in [-0.4, -0.2) is 40.4 Å². The molecule has 1 aromatic heterocycles. The van der Waals surface area contributed by atoms with E-state index in [1.807, 2.05) is 0 Å². The number of hydrogen-bond acceptors (Lipinski definition) is 4. The molecule has 2 unspecified atom stereocenters. The molecule has 82 valence electrons. The Morgan fingerprint density at radius 2 is 2.47 bits per heavy atom. The minimum atomic E-state index is -0.404. The lowest BCUT2D eigenvalue weighted by atomic mass is 9.89. The number of hydrogen-bond donors (Lipinski definition) is 4. The summed E-state index contributed by atoms with van der Waals surface area (Å²) in [6.07, 6.45) is 2.65. The van der Waals surface area contributed by atoms with E-state index in [0.717, 1.165) is 12.8 Å². The van der Waals surface area contributed by atoms with Crippen LogP contribution in [0, 0.1) is 0 Å². The number of aromatic nitrogens is 2. The zero-order chi connectivity index (χ0) is 10.8. The summed E-state index contributed by atoms with van der Waals surface area (Å²) in [5.41, 5.74) is 0.469. The van der Waals surface area contributed by atoms with Crippen molar-refractivity contribution in [3.8, 4) is 0 Å². The fraction of sp³-hybridized carbons (Fsp3) is 0.556. The van der Waals surface area contributed by atoms with Gasteiger partial charge in [-0.05, 0) is 12.8 Å². The average molecular weight is 210 g/mol. The first kappa shape index (κ1) is 9.97. The molecule has 0 aliphatic heterocycles. The third-order valence-electron chi connectivity index (χ3n) is 2.69. The van der Waals surface area contributed by atoms with Gasteiger partial charge in [0.15, 0.2) is 0 Å². The molecule has 1 saturated carbocycles. The number of nitrogens with zero attached hydrogens (tertiary/aromatic N) is 1. The Morgan fingerprint density at radius 1 is 1.67 bits per heavy atom. The minimum Gasteiger partial charge on any atom is -0.391 e. The normalized spacial score (nSPS) is 24.4. The van der Waals surface area contributed by atoms with Crippen molar-refractivity contribution in [2.24, 2.45) is 0 Å². The van der Waals surface area contributed by atoms with Crippen LogP contribution in [0.5, 0.6) is 0 Å². The predicted molar refractivity (Wildman–Crippen MR) is 54.6 cm³/mol. The molecule has 1 amide bonds. The molecule has 0 saturated heterocycles. The summed E-state index contributed by atoms with van der Waals surface area (Å²) in [6, 6.07) is -0.114. The maximum absolute atomic E-state index is 11.7. The molecular weight excluding hydrogens is 196 g/mol. The highest BCUT2D eigenvalue weighted by atomic mass is 16.3. The number of H-pyrrole nitrogens is 1. The highest BCUT2D eigenvalue weighted by molar-refractivity contribution is 5.98. The lowest BCUT2D eigenvalue weighted by Crippen LogP contribution is -2.50. The Kier molecular flexibility index (Phi) is 2.59. The van der Waals surface area contributed by atoms with Crippen molar-refractivity contribution in [3.05, 3.63) is 11.8 Å². The number of rotatable bonds is 3. The molecule has 0 bridgehead atoms. The van der Waals surface area contributed by atoms with Crippen molar-refractivity contribution in [1.82, 2.24) is 15.5 Å². The van der Waals surface area contributed by atoms with E-state index in [0.29, 0.717) is 11.4 Å². The molecule has 2 atom stereocenters. The van der Waals surface area contributed by atoms with E-state index in [1.54, 1.807) is 7.05 Å². The molecule has 1 fully saturated rings. The molecule has 1 heterocycles. The number of carbonyl (C=O) groups excluding carboxylic acids is 1. The summed E-state index contributed by atoms with van der Waals surface area (Å²) >= 11 is 0. The van der Waals surface area contributed by atoms with Crippen LogP contribution in [0.15, 0.2) is 6.20 Å². The van der Waals surface area contributed by atoms with E-state index in [-0.39, 0.29) is 11.9 Å². The topological polar surface area (TPSA) is 90.0 Å². The molecule has 2 rings (SSSR count). The quantitative estimate of drug-likeness (QED) is 0.551. The zero-order valence-corrected chi connectivity index (χ0v) is 8.45. The van der Waals surface area contributed by atoms with Gasteiger partial charge in [-0.2, -0.15) is 5.10 Å². The second-order valence-corrected chi connectivity index (χ2v) is 3.63. The fourth-order valence-electron chi connectivity index (χ4n) is 1.55. The first-order chi connectivity index (χ1) is 7.22. The van der Waals surface area contributed by atoms with E-state index < -0.39 is 6.10 Å². The van der Waals surface area contributed by atoms with Crippen molar-refractivity contribution in [1.29, 1.82) is 0 Å². The Morgan fingerprint density at radius 3 is 3.00 bits per heavy atom. The maximum atomic E-state index is 11.7. The molecule has 1 aliphatic carbocycles. The summed E-state index contributed by atoms with van der Waals surface area (Å²) < 4.78 is 0. The summed E-state index contributed by atoms with van der Waals surface area (Å²) in [6.45, 7) is 0. The van der Waals surface area contributed by atoms with Crippen LogP contribution in [0.2, 0.25) is 0 Å². The van der Waals surface area contributed by atoms with Gasteiger partial charge in [0, 0.05) is 7.05 Å². The summed E-state index contributed by atoms with van der Waals surface area (Å²) in [7, 11) is 1.71. The Bertz CT molecular complexity index is 363. The summed E-state index contributed by atoms with van der Waals surface area (Å²) in [5.74, 6) is 0.373. The van der Waals surface area contributed by atoms with Crippen LogP contribution < -0.4 is 10.6 Å². The Balaban J connectivity index is 2.01. The van der Waals surface area contributed by atoms with Gasteiger partial charge in [-0.3, -0.25) is 9.89 Å². The molecule has 1 aromatic rings. The van der Waals surface area contributed by atoms with Crippen molar-refractivity contribution < 1.29 is 9.90 Å². The van der Waals surface area contributed by atoms with Crippen LogP contribution in [0.4, 0.5) is 5.82 Å². The average Bonchev–Trinajstić information content (AvgIpc) is 2.71. The second kappa shape index (κ2) is 3.90. The molecule has 6 heteroatoms. The monoisotopic (exact) mass is 210 g/mol. The smallest absolute Gasteiger partial charge is 0.256 e. The van der Waals surface area contributed by atoms with Gasteiger partial charge in [0.1, 0.15) is 11.4 Å². The molecule has 0 spiro atoms. The number of nitrogens with one attached hydrogen (secondary N) is 3. The maximum Gasteiger partial charge on any atom is 0.256 e. The van der Waals surface area contributed by atoms with Crippen molar-refractivity contribution in [2.45, 2.75) is 25.0 Å². The summed E-state index contributed by atoms with van der Waals surface area (Å²) in [5, 5.41) is 21.4. The molecule has 4 N–H and O–H groups in total. The Labute approximate surface area is 87.1 Å². The van der Waals surface area contributed by atoms with E-state index in [2.05, 4.69) is 20.8 Å². The number of aliphatic hydroxyl groups is 1. The van der Waals surface area contributed by atoms with Crippen LogP contribution >= 0.6 is 0 Å². The number of aromatic amines is 1. The van der Waals surface area contributed by atoms with Gasteiger partial charge in [-0.25, -0.2) is 0 Å². The predicted octanol–water partition coefficient (Wildman–Crippen LogP) is -0.296. The van der Waals surface area contributed by atoms with Crippen LogP contribution in [0.25, 0.3) is 0 Å². The van der Waals surface area contributed by atoms with Crippen LogP contribution in [0.1, 0.15) is 23.2 Å². The summed E-state index contributed by atoms with van der Waals surface area (Å²) in [4.78, 5) is 11.7. The van der Waals surface area contributed by atoms with Crippen molar-refractivity contribution >= 4 is 11.7 Å². The molecule has 0 aromatic carbocycles. The van der Waals surface area contributed by atoms with E-state index in [4.69, 9.17) is 0 Å². The minimum absolute atomic E-state index is 0.114. The Hall–Kier alpha value is -1.56. The second-order valence-electron chi connectivity index (χ2n) is 3.63. The zero-order valence-electron chi connectivity index (χ0n) is 8.45. The number of aliphatic hydroxyl groups excluding tert-OH is 1. The third kappa shape index (κ3) is 1.80. The molecule has 15 heavy (non-hydrogen) atoms. The van der Waals surface area contributed by atoms with Gasteiger partial charge in [-0.15, -0.1) is 0 Å². The highest BCUT2D eigenvalue weighted by Gasteiger charge is 2.30. The highest BCUT2D eigenvalue weighted by Crippen LogP contribution is 2.20. The van der Waals surface area contributed by atoms with E-state index in [1.165, 1.54) is 6.20 Å². The third-order valence-corrected chi connectivity index (χ3v) is 2.69. The first-order valence-electron chi connectivity index (χ1n) is 4.92. The van der Waals surface area contributed by atoms with Gasteiger partial charge >= 0.3 is 0 Å². The van der Waals surface area contributed by atoms with Gasteiger partial charge in [-0.1, -0.05) is 0 Å². The van der Waals surface area contributed by atoms with Gasteiger partial charge in [0.2, 0.25) is 0 Å². The number of carbonyl (C=O) groups is 1. The SMILES string of the molecule is CNc1[nH]ncc1C(=O)NC1CCC1O. The number of amides is 1. The molecule has 1 aliphatic rings. The van der Waals surface area contributed by atoms with Gasteiger partial charge in [0.05, 0.1) is 18.3 Å². The van der Waals surface area contributed by atoms with Crippen LogP contribution in [0.3, 0.4) is 0 Å². The van der Waals surface area contributed by atoms with Crippen LogP contribution in [-0.2, 0) is 0 Å². The molecule has 0 radical (unpaired) electrons. The molecule has 6 nitrogen and oxygen atoms in total. The van der Waals surface area contributed by atoms with Gasteiger partial charge < -0.3 is 15.7 Å². The largest absolute Gasteiger partial charge is 0.391 e. The van der Waals surface area contributed by atoms with E-state index >= 15 is 0 Å². The van der Waals surface area contributed by atoms with Crippen molar-refractivity contribution in [3.63, 3.8) is 0 Å². The van der Waals surface area contributed by atoms with Crippen molar-refractivity contribution in [2.75, 3.05) is 12.4 Å². The van der Waals surface area contributed by atoms with E-state index in [9.17, 15) is 9.90 Å². The lowest BCUT2D eigenvalue weighted by molar-refractivity contribution is 0.0448. The lowest BCUT2D eigenvalue weighted by Gasteiger charge is -2.32. The first-order valence-corrected chi connectivity index (χ1v) is 4.92. The standard InChI is InChI=1S/C9H14N4O2/c1-10-8-5(4-11-13-8)9(15)12-6-2-3-7(6)14/h4,6-7,14H,2-3H2,1H3,(H,12,15)(H2,10,11,13). The fourth-order valence-corrected chi connectivity index (χ4v) is 1.55.